The zero-order valence-electron chi connectivity index (χ0n) is 9.57. The fraction of sp³-hybridized carbons (Fsp3) is 0.250. The zero-order valence-corrected chi connectivity index (χ0v) is 9.57. The maximum atomic E-state index is 13.4. The number of carbonyl (C=O) groups is 1. The topological polar surface area (TPSA) is 55.8 Å². The highest BCUT2D eigenvalue weighted by Gasteiger charge is 2.08. The van der Waals surface area contributed by atoms with Crippen molar-refractivity contribution in [2.45, 2.75) is 0 Å². The van der Waals surface area contributed by atoms with Crippen LogP contribution < -0.4 is 4.74 Å². The Balaban J connectivity index is 3.11. The van der Waals surface area contributed by atoms with Gasteiger partial charge in [-0.1, -0.05) is 6.07 Å². The highest BCUT2D eigenvalue weighted by atomic mass is 19.1. The van der Waals surface area contributed by atoms with E-state index >= 15 is 0 Å². The molecule has 0 atom stereocenters. The molecule has 0 saturated heterocycles. The molecule has 1 N–H and O–H groups in total. The maximum Gasteiger partial charge on any atom is 0.328 e. The monoisotopic (exact) mass is 240 g/mol. The van der Waals surface area contributed by atoms with Gasteiger partial charge in [0.25, 0.3) is 0 Å². The first kappa shape index (κ1) is 13.2. The molecule has 0 unspecified atom stereocenters. The van der Waals surface area contributed by atoms with Gasteiger partial charge in [0.05, 0.1) is 13.7 Å². The minimum Gasteiger partial charge on any atom is -0.494 e. The van der Waals surface area contributed by atoms with Gasteiger partial charge in [-0.25, -0.2) is 9.18 Å². The first-order valence-corrected chi connectivity index (χ1v) is 4.84. The number of rotatable bonds is 5. The van der Waals surface area contributed by atoms with Crippen molar-refractivity contribution in [2.75, 3.05) is 20.8 Å². The summed E-state index contributed by atoms with van der Waals surface area (Å²) in [7, 11) is 2.80. The van der Waals surface area contributed by atoms with E-state index in [0.29, 0.717) is 11.1 Å². The van der Waals surface area contributed by atoms with E-state index in [1.54, 1.807) is 6.07 Å². The fourth-order valence-corrected chi connectivity index (χ4v) is 1.38. The maximum absolute atomic E-state index is 13.4. The summed E-state index contributed by atoms with van der Waals surface area (Å²) < 4.78 is 23.1. The lowest BCUT2D eigenvalue weighted by molar-refractivity contribution is -0.131. The summed E-state index contributed by atoms with van der Waals surface area (Å²) in [6.45, 7) is 0.0953. The normalized spacial score (nSPS) is 11.4. The van der Waals surface area contributed by atoms with E-state index in [4.69, 9.17) is 14.6 Å². The minimum absolute atomic E-state index is 0.0953. The van der Waals surface area contributed by atoms with Crippen molar-refractivity contribution in [1.29, 1.82) is 0 Å². The van der Waals surface area contributed by atoms with Crippen LogP contribution in [-0.2, 0) is 9.53 Å². The van der Waals surface area contributed by atoms with Crippen LogP contribution in [0.25, 0.3) is 5.57 Å². The molecule has 1 aromatic rings. The summed E-state index contributed by atoms with van der Waals surface area (Å²) >= 11 is 0. The number of hydrogen-bond acceptors (Lipinski definition) is 3. The first-order valence-electron chi connectivity index (χ1n) is 4.84. The van der Waals surface area contributed by atoms with Crippen LogP contribution in [0, 0.1) is 5.82 Å². The van der Waals surface area contributed by atoms with E-state index in [-0.39, 0.29) is 12.4 Å². The number of ether oxygens (including phenoxy) is 2. The van der Waals surface area contributed by atoms with E-state index in [9.17, 15) is 9.18 Å². The number of benzene rings is 1. The van der Waals surface area contributed by atoms with Crippen LogP contribution in [0.2, 0.25) is 0 Å². The van der Waals surface area contributed by atoms with Gasteiger partial charge in [-0.3, -0.25) is 0 Å². The number of carboxylic acid groups (broad SMARTS) is 1. The SMILES string of the molecule is COC/C(=C\C(=O)O)c1ccc(OC)c(F)c1. The Kier molecular flexibility index (Phi) is 4.66. The van der Waals surface area contributed by atoms with Gasteiger partial charge >= 0.3 is 5.97 Å². The molecule has 0 saturated carbocycles. The molecule has 0 amide bonds. The average molecular weight is 240 g/mol. The lowest BCUT2D eigenvalue weighted by atomic mass is 10.1. The van der Waals surface area contributed by atoms with Crippen LogP contribution in [-0.4, -0.2) is 31.9 Å². The van der Waals surface area contributed by atoms with Crippen molar-refractivity contribution in [3.63, 3.8) is 0 Å². The molecule has 0 aromatic heterocycles. The Morgan fingerprint density at radius 3 is 2.65 bits per heavy atom. The Hall–Kier alpha value is -1.88. The second kappa shape index (κ2) is 6.00. The third-order valence-corrected chi connectivity index (χ3v) is 2.12. The third kappa shape index (κ3) is 3.57. The standard InChI is InChI=1S/C12H13FO4/c1-16-7-9(6-12(14)15)8-3-4-11(17-2)10(13)5-8/h3-6H,7H2,1-2H3,(H,14,15)/b9-6+. The average Bonchev–Trinajstić information content (AvgIpc) is 2.28. The third-order valence-electron chi connectivity index (χ3n) is 2.12. The molecule has 0 heterocycles. The van der Waals surface area contributed by atoms with Gasteiger partial charge in [-0.15, -0.1) is 0 Å². The zero-order chi connectivity index (χ0) is 12.8. The molecular formula is C12H13FO4. The number of methoxy groups -OCH3 is 2. The number of aliphatic carboxylic acids is 1. The van der Waals surface area contributed by atoms with E-state index in [2.05, 4.69) is 0 Å². The van der Waals surface area contributed by atoms with E-state index in [1.165, 1.54) is 26.4 Å². The summed E-state index contributed by atoms with van der Waals surface area (Å²) in [5.74, 6) is -1.54. The van der Waals surface area contributed by atoms with Crippen LogP contribution in [0.4, 0.5) is 4.39 Å². The van der Waals surface area contributed by atoms with Crippen LogP contribution in [0.3, 0.4) is 0 Å². The number of carboxylic acids is 1. The highest BCUT2D eigenvalue weighted by Crippen LogP contribution is 2.22. The molecule has 0 aliphatic carbocycles. The van der Waals surface area contributed by atoms with E-state index in [1.807, 2.05) is 0 Å². The Bertz CT molecular complexity index is 440. The molecule has 0 radical (unpaired) electrons. The molecule has 92 valence electrons. The van der Waals surface area contributed by atoms with Gasteiger partial charge in [0.1, 0.15) is 0 Å². The summed E-state index contributed by atoms with van der Waals surface area (Å²) in [4.78, 5) is 10.6. The molecular weight excluding hydrogens is 227 g/mol. The van der Waals surface area contributed by atoms with Crippen molar-refractivity contribution >= 4 is 11.5 Å². The summed E-state index contributed by atoms with van der Waals surface area (Å²) in [5.41, 5.74) is 0.842. The fourth-order valence-electron chi connectivity index (χ4n) is 1.38. The summed E-state index contributed by atoms with van der Waals surface area (Å²) in [6.07, 6.45) is 0.991. The van der Waals surface area contributed by atoms with Gasteiger partial charge in [0.2, 0.25) is 0 Å². The predicted molar refractivity (Wildman–Crippen MR) is 60.4 cm³/mol. The van der Waals surface area contributed by atoms with Crippen molar-refractivity contribution < 1.29 is 23.8 Å². The van der Waals surface area contributed by atoms with Crippen LogP contribution in [0.5, 0.6) is 5.75 Å². The van der Waals surface area contributed by atoms with Crippen LogP contribution in [0.1, 0.15) is 5.56 Å². The van der Waals surface area contributed by atoms with Crippen molar-refractivity contribution in [2.24, 2.45) is 0 Å². The van der Waals surface area contributed by atoms with Crippen molar-refractivity contribution in [3.05, 3.63) is 35.7 Å². The molecule has 0 bridgehead atoms. The van der Waals surface area contributed by atoms with Crippen molar-refractivity contribution in [1.82, 2.24) is 0 Å². The number of halogens is 1. The largest absolute Gasteiger partial charge is 0.494 e. The highest BCUT2D eigenvalue weighted by molar-refractivity contribution is 5.90. The molecule has 4 nitrogen and oxygen atoms in total. The Morgan fingerprint density at radius 1 is 1.47 bits per heavy atom. The molecule has 1 rings (SSSR count). The molecule has 0 fully saturated rings. The number of hydrogen-bond donors (Lipinski definition) is 1. The second-order valence-corrected chi connectivity index (χ2v) is 3.29. The lowest BCUT2D eigenvalue weighted by Gasteiger charge is -2.08. The molecule has 1 aromatic carbocycles. The van der Waals surface area contributed by atoms with Gasteiger partial charge in [0, 0.05) is 13.2 Å². The van der Waals surface area contributed by atoms with Crippen LogP contribution in [0.15, 0.2) is 24.3 Å². The molecule has 0 aliphatic heterocycles. The smallest absolute Gasteiger partial charge is 0.328 e. The molecule has 5 heteroatoms. The molecule has 17 heavy (non-hydrogen) atoms. The molecule has 0 aliphatic rings. The predicted octanol–water partition coefficient (Wildman–Crippen LogP) is 1.95. The minimum atomic E-state index is -1.10. The van der Waals surface area contributed by atoms with Gasteiger partial charge < -0.3 is 14.6 Å². The van der Waals surface area contributed by atoms with Gasteiger partial charge in [-0.2, -0.15) is 0 Å². The van der Waals surface area contributed by atoms with Crippen molar-refractivity contribution in [3.8, 4) is 5.75 Å². The first-order chi connectivity index (χ1) is 8.08. The van der Waals surface area contributed by atoms with E-state index in [0.717, 1.165) is 6.08 Å². The Labute approximate surface area is 98.3 Å². The van der Waals surface area contributed by atoms with Gasteiger partial charge in [-0.05, 0) is 23.3 Å². The summed E-state index contributed by atoms with van der Waals surface area (Å²) in [6, 6.07) is 4.23. The quantitative estimate of drug-likeness (QED) is 0.799. The lowest BCUT2D eigenvalue weighted by Crippen LogP contribution is -2.00. The van der Waals surface area contributed by atoms with Gasteiger partial charge in [0.15, 0.2) is 11.6 Å². The molecule has 0 spiro atoms. The van der Waals surface area contributed by atoms with Crippen LogP contribution >= 0.6 is 0 Å². The van der Waals surface area contributed by atoms with E-state index < -0.39 is 11.8 Å². The Morgan fingerprint density at radius 2 is 2.18 bits per heavy atom. The second-order valence-electron chi connectivity index (χ2n) is 3.29. The summed E-state index contributed by atoms with van der Waals surface area (Å²) in [5, 5.41) is 8.69.